The van der Waals surface area contributed by atoms with Crippen LogP contribution in [-0.2, 0) is 28.6 Å². The topological polar surface area (TPSA) is 78.9 Å². The van der Waals surface area contributed by atoms with Crippen molar-refractivity contribution >= 4 is 17.9 Å². The van der Waals surface area contributed by atoms with Crippen LogP contribution < -0.4 is 0 Å². The summed E-state index contributed by atoms with van der Waals surface area (Å²) in [6.07, 6.45) is 75.4. The maximum atomic E-state index is 12.7. The van der Waals surface area contributed by atoms with E-state index in [1.807, 2.05) is 0 Å². The summed E-state index contributed by atoms with van der Waals surface area (Å²) in [6, 6.07) is 0. The number of hydrogen-bond donors (Lipinski definition) is 0. The Morgan fingerprint density at radius 1 is 0.300 bits per heavy atom. The first-order chi connectivity index (χ1) is 34.5. The predicted molar refractivity (Wildman–Crippen MR) is 302 cm³/mol. The van der Waals surface area contributed by atoms with Gasteiger partial charge in [0, 0.05) is 19.3 Å². The molecule has 1 unspecified atom stereocenters. The smallest absolute Gasteiger partial charge is 0.306 e. The van der Waals surface area contributed by atoms with Crippen molar-refractivity contribution in [2.75, 3.05) is 13.2 Å². The predicted octanol–water partition coefficient (Wildman–Crippen LogP) is 20.2. The number of rotatable bonds is 54. The highest BCUT2D eigenvalue weighted by Gasteiger charge is 2.19. The van der Waals surface area contributed by atoms with Crippen LogP contribution in [0, 0.1) is 0 Å². The van der Waals surface area contributed by atoms with E-state index >= 15 is 0 Å². The van der Waals surface area contributed by atoms with Crippen LogP contribution in [0.4, 0.5) is 0 Å². The lowest BCUT2D eigenvalue weighted by Crippen LogP contribution is -2.30. The molecule has 0 amide bonds. The molecule has 0 radical (unpaired) electrons. The van der Waals surface area contributed by atoms with E-state index in [2.05, 4.69) is 93.7 Å². The van der Waals surface area contributed by atoms with E-state index in [1.165, 1.54) is 148 Å². The van der Waals surface area contributed by atoms with Crippen LogP contribution in [0.1, 0.15) is 297 Å². The molecule has 0 aromatic heterocycles. The molecule has 0 aliphatic heterocycles. The van der Waals surface area contributed by atoms with Crippen molar-refractivity contribution in [1.82, 2.24) is 0 Å². The Bertz CT molecular complexity index is 1310. The van der Waals surface area contributed by atoms with Crippen LogP contribution in [0.15, 0.2) is 72.9 Å². The van der Waals surface area contributed by atoms with Gasteiger partial charge in [0.2, 0.25) is 0 Å². The number of carbonyl (C=O) groups is 3. The van der Waals surface area contributed by atoms with Gasteiger partial charge in [0.15, 0.2) is 6.10 Å². The van der Waals surface area contributed by atoms with Crippen LogP contribution in [0.25, 0.3) is 0 Å². The van der Waals surface area contributed by atoms with E-state index in [0.717, 1.165) is 109 Å². The summed E-state index contributed by atoms with van der Waals surface area (Å²) in [5.74, 6) is -0.890. The quantitative estimate of drug-likeness (QED) is 0.0261. The molecule has 0 N–H and O–H groups in total. The number of esters is 3. The largest absolute Gasteiger partial charge is 0.462 e. The lowest BCUT2D eigenvalue weighted by molar-refractivity contribution is -0.167. The molecule has 0 bridgehead atoms. The normalized spacial score (nSPS) is 12.6. The van der Waals surface area contributed by atoms with Gasteiger partial charge in [-0.05, 0) is 89.9 Å². The first-order valence-electron chi connectivity index (χ1n) is 29.9. The van der Waals surface area contributed by atoms with Gasteiger partial charge in [-0.2, -0.15) is 0 Å². The van der Waals surface area contributed by atoms with Crippen LogP contribution >= 0.6 is 0 Å². The van der Waals surface area contributed by atoms with Crippen molar-refractivity contribution in [3.63, 3.8) is 0 Å². The minimum Gasteiger partial charge on any atom is -0.462 e. The minimum atomic E-state index is -0.771. The van der Waals surface area contributed by atoms with Crippen molar-refractivity contribution in [2.45, 2.75) is 303 Å². The highest BCUT2D eigenvalue weighted by Crippen LogP contribution is 2.16. The summed E-state index contributed by atoms with van der Waals surface area (Å²) in [6.45, 7) is 6.42. The molecular formula is C64H112O6. The number of unbranched alkanes of at least 4 members (excludes halogenated alkanes) is 31. The van der Waals surface area contributed by atoms with Gasteiger partial charge in [-0.3, -0.25) is 14.4 Å². The summed E-state index contributed by atoms with van der Waals surface area (Å²) >= 11 is 0. The van der Waals surface area contributed by atoms with Gasteiger partial charge in [0.1, 0.15) is 13.2 Å². The molecule has 1 atom stereocenters. The molecule has 0 aliphatic rings. The fraction of sp³-hybridized carbons (Fsp3) is 0.766. The molecule has 0 saturated heterocycles. The van der Waals surface area contributed by atoms with Gasteiger partial charge in [-0.25, -0.2) is 0 Å². The Labute approximate surface area is 433 Å². The SMILES string of the molecule is CC/C=C\C/C=C\C/C=C\C/C=C\C/C=C\CCCCCCCCCCCCCCCCCCCCCC(=O)OCC(COC(=O)CCCCCCC)OC(=O)CCCCCCC/C=C\CCCCC. The average molecular weight is 978 g/mol. The monoisotopic (exact) mass is 977 g/mol. The van der Waals surface area contributed by atoms with E-state index in [1.54, 1.807) is 0 Å². The van der Waals surface area contributed by atoms with Crippen LogP contribution in [0.3, 0.4) is 0 Å². The summed E-state index contributed by atoms with van der Waals surface area (Å²) in [7, 11) is 0. The molecule has 0 heterocycles. The third kappa shape index (κ3) is 55.8. The number of allylic oxidation sites excluding steroid dienone is 12. The third-order valence-electron chi connectivity index (χ3n) is 12.9. The molecule has 6 heteroatoms. The zero-order valence-corrected chi connectivity index (χ0v) is 46.3. The lowest BCUT2D eigenvalue weighted by atomic mass is 10.0. The molecule has 0 aromatic carbocycles. The Morgan fingerprint density at radius 3 is 0.914 bits per heavy atom. The van der Waals surface area contributed by atoms with E-state index in [-0.39, 0.29) is 31.1 Å². The van der Waals surface area contributed by atoms with Gasteiger partial charge in [-0.15, -0.1) is 0 Å². The molecule has 0 rings (SSSR count). The maximum absolute atomic E-state index is 12.7. The Hall–Kier alpha value is -3.15. The minimum absolute atomic E-state index is 0.0748. The highest BCUT2D eigenvalue weighted by molar-refractivity contribution is 5.71. The first kappa shape index (κ1) is 66.9. The third-order valence-corrected chi connectivity index (χ3v) is 12.9. The Morgan fingerprint density at radius 2 is 0.557 bits per heavy atom. The molecule has 70 heavy (non-hydrogen) atoms. The summed E-state index contributed by atoms with van der Waals surface area (Å²) in [5, 5.41) is 0. The van der Waals surface area contributed by atoms with Crippen LogP contribution in [-0.4, -0.2) is 37.2 Å². The number of carbonyl (C=O) groups excluding carboxylic acids is 3. The zero-order chi connectivity index (χ0) is 50.7. The second kappa shape index (κ2) is 58.4. The summed E-state index contributed by atoms with van der Waals surface area (Å²) < 4.78 is 16.7. The fourth-order valence-electron chi connectivity index (χ4n) is 8.47. The first-order valence-corrected chi connectivity index (χ1v) is 29.9. The van der Waals surface area contributed by atoms with Crippen molar-refractivity contribution in [1.29, 1.82) is 0 Å². The Kier molecular flexibility index (Phi) is 55.8. The summed E-state index contributed by atoms with van der Waals surface area (Å²) in [4.78, 5) is 37.7. The zero-order valence-electron chi connectivity index (χ0n) is 46.3. The van der Waals surface area contributed by atoms with E-state index in [4.69, 9.17) is 14.2 Å². The van der Waals surface area contributed by atoms with E-state index in [9.17, 15) is 14.4 Å². The van der Waals surface area contributed by atoms with Crippen molar-refractivity contribution in [2.24, 2.45) is 0 Å². The van der Waals surface area contributed by atoms with E-state index < -0.39 is 6.10 Å². The Balaban J connectivity index is 3.87. The van der Waals surface area contributed by atoms with Gasteiger partial charge < -0.3 is 14.2 Å². The molecular weight excluding hydrogens is 865 g/mol. The molecule has 0 aliphatic carbocycles. The second-order valence-electron chi connectivity index (χ2n) is 19.9. The second-order valence-corrected chi connectivity index (χ2v) is 19.9. The number of hydrogen-bond acceptors (Lipinski definition) is 6. The molecule has 404 valence electrons. The highest BCUT2D eigenvalue weighted by atomic mass is 16.6. The molecule has 0 fully saturated rings. The van der Waals surface area contributed by atoms with Gasteiger partial charge in [0.05, 0.1) is 0 Å². The van der Waals surface area contributed by atoms with Crippen molar-refractivity contribution in [3.8, 4) is 0 Å². The van der Waals surface area contributed by atoms with Gasteiger partial charge in [-0.1, -0.05) is 261 Å². The average Bonchev–Trinajstić information content (AvgIpc) is 3.36. The van der Waals surface area contributed by atoms with Crippen molar-refractivity contribution < 1.29 is 28.6 Å². The van der Waals surface area contributed by atoms with Crippen LogP contribution in [0.5, 0.6) is 0 Å². The summed E-state index contributed by atoms with van der Waals surface area (Å²) in [5.41, 5.74) is 0. The van der Waals surface area contributed by atoms with E-state index in [0.29, 0.717) is 19.3 Å². The molecule has 0 spiro atoms. The fourth-order valence-corrected chi connectivity index (χ4v) is 8.47. The van der Waals surface area contributed by atoms with Crippen LogP contribution in [0.2, 0.25) is 0 Å². The number of ether oxygens (including phenoxy) is 3. The molecule has 0 aromatic rings. The van der Waals surface area contributed by atoms with Gasteiger partial charge in [0.25, 0.3) is 0 Å². The maximum Gasteiger partial charge on any atom is 0.306 e. The molecule has 0 saturated carbocycles. The molecule has 6 nitrogen and oxygen atoms in total. The van der Waals surface area contributed by atoms with Gasteiger partial charge >= 0.3 is 17.9 Å². The standard InChI is InChI=1S/C64H112O6/c1-4-7-10-13-15-17-19-21-22-23-24-25-26-27-28-29-30-31-32-33-34-35-36-37-38-39-40-41-42-43-45-46-48-51-54-57-63(66)69-60-61(59-68-62(65)56-53-50-12-9-6-3)70-64(67)58-55-52-49-47-44-20-18-16-14-11-8-5-2/h7,10,15-18,21-22,24-25,27-28,61H,4-6,8-9,11-14,19-20,23,26,29-60H2,1-3H3/b10-7-,17-15-,18-16-,22-21-,25-24-,28-27-. The van der Waals surface area contributed by atoms with Crippen molar-refractivity contribution in [3.05, 3.63) is 72.9 Å². The lowest BCUT2D eigenvalue weighted by Gasteiger charge is -2.18.